The van der Waals surface area contributed by atoms with Crippen LogP contribution in [0, 0.1) is 11.3 Å². The second-order valence-corrected chi connectivity index (χ2v) is 8.34. The zero-order valence-electron chi connectivity index (χ0n) is 11.0. The van der Waals surface area contributed by atoms with Gasteiger partial charge < -0.3 is 0 Å². The Morgan fingerprint density at radius 1 is 1.32 bits per heavy atom. The number of benzene rings is 1. The van der Waals surface area contributed by atoms with Gasteiger partial charge in [-0.05, 0) is 30.7 Å². The van der Waals surface area contributed by atoms with Crippen molar-refractivity contribution < 1.29 is 12.6 Å². The highest BCUT2D eigenvalue weighted by Gasteiger charge is 2.17. The van der Waals surface area contributed by atoms with Crippen molar-refractivity contribution in [3.63, 3.8) is 0 Å². The van der Waals surface area contributed by atoms with Crippen molar-refractivity contribution in [2.45, 2.75) is 30.4 Å². The van der Waals surface area contributed by atoms with Crippen LogP contribution in [0.3, 0.4) is 0 Å². The lowest BCUT2D eigenvalue weighted by Gasteiger charge is -2.09. The predicted molar refractivity (Wildman–Crippen MR) is 76.0 cm³/mol. The Morgan fingerprint density at radius 2 is 1.89 bits per heavy atom. The molecule has 6 heteroatoms. The SMILES string of the molecule is CCC(C)S(=O)CCS(=O)(=O)c1ccc(C#N)cc1. The van der Waals surface area contributed by atoms with Gasteiger partial charge in [-0.25, -0.2) is 8.42 Å². The Labute approximate surface area is 116 Å². The number of nitrogens with zero attached hydrogens (tertiary/aromatic N) is 1. The third-order valence-electron chi connectivity index (χ3n) is 2.92. The first-order valence-corrected chi connectivity index (χ1v) is 9.04. The van der Waals surface area contributed by atoms with Crippen LogP contribution < -0.4 is 0 Å². The van der Waals surface area contributed by atoms with Crippen LogP contribution in [-0.4, -0.2) is 29.4 Å². The third-order valence-corrected chi connectivity index (χ3v) is 6.75. The van der Waals surface area contributed by atoms with Gasteiger partial charge in [-0.1, -0.05) is 13.8 Å². The summed E-state index contributed by atoms with van der Waals surface area (Å²) in [7, 11) is -4.55. The van der Waals surface area contributed by atoms with Crippen molar-refractivity contribution in [2.24, 2.45) is 0 Å². The highest BCUT2D eigenvalue weighted by atomic mass is 32.2. The van der Waals surface area contributed by atoms with E-state index < -0.39 is 20.6 Å². The monoisotopic (exact) mass is 299 g/mol. The van der Waals surface area contributed by atoms with E-state index in [9.17, 15) is 12.6 Å². The molecule has 1 rings (SSSR count). The minimum atomic E-state index is -3.42. The quantitative estimate of drug-likeness (QED) is 0.803. The molecule has 0 saturated carbocycles. The molecule has 2 unspecified atom stereocenters. The Balaban J connectivity index is 2.76. The van der Waals surface area contributed by atoms with E-state index in [2.05, 4.69) is 0 Å². The normalized spacial score (nSPS) is 14.6. The molecule has 1 aromatic rings. The zero-order valence-corrected chi connectivity index (χ0v) is 12.6. The molecule has 0 N–H and O–H groups in total. The maximum absolute atomic E-state index is 12.0. The molecule has 0 aliphatic rings. The van der Waals surface area contributed by atoms with Crippen molar-refractivity contribution >= 4 is 20.6 Å². The molecule has 0 bridgehead atoms. The van der Waals surface area contributed by atoms with E-state index in [0.717, 1.165) is 6.42 Å². The second-order valence-electron chi connectivity index (χ2n) is 4.26. The topological polar surface area (TPSA) is 75.0 Å². The first-order valence-electron chi connectivity index (χ1n) is 6.00. The number of hydrogen-bond donors (Lipinski definition) is 0. The minimum absolute atomic E-state index is 0.0103. The van der Waals surface area contributed by atoms with Crippen molar-refractivity contribution in [3.05, 3.63) is 29.8 Å². The minimum Gasteiger partial charge on any atom is -0.259 e. The van der Waals surface area contributed by atoms with Crippen LogP contribution in [0.4, 0.5) is 0 Å². The molecular weight excluding hydrogens is 282 g/mol. The molecule has 0 heterocycles. The molecule has 19 heavy (non-hydrogen) atoms. The number of sulfone groups is 1. The molecule has 0 aliphatic carbocycles. The fourth-order valence-corrected chi connectivity index (χ4v) is 4.53. The molecule has 0 amide bonds. The van der Waals surface area contributed by atoms with Crippen LogP contribution in [0.1, 0.15) is 25.8 Å². The standard InChI is InChI=1S/C13H17NO3S2/c1-3-11(2)18(15)8-9-19(16,17)13-6-4-12(10-14)5-7-13/h4-7,11H,3,8-9H2,1-2H3. The summed E-state index contributed by atoms with van der Waals surface area (Å²) in [5.41, 5.74) is 0.419. The summed E-state index contributed by atoms with van der Waals surface area (Å²) in [6.07, 6.45) is 0.767. The molecule has 0 fully saturated rings. The van der Waals surface area contributed by atoms with Crippen LogP contribution in [0.25, 0.3) is 0 Å². The van der Waals surface area contributed by atoms with E-state index in [1.165, 1.54) is 24.3 Å². The summed E-state index contributed by atoms with van der Waals surface area (Å²) in [6, 6.07) is 7.71. The van der Waals surface area contributed by atoms with Crippen LogP contribution in [0.15, 0.2) is 29.2 Å². The van der Waals surface area contributed by atoms with Crippen molar-refractivity contribution in [3.8, 4) is 6.07 Å². The van der Waals surface area contributed by atoms with E-state index in [4.69, 9.17) is 5.26 Å². The first kappa shape index (κ1) is 15.9. The first-order chi connectivity index (χ1) is 8.90. The van der Waals surface area contributed by atoms with Gasteiger partial charge in [0.1, 0.15) is 0 Å². The van der Waals surface area contributed by atoms with Crippen LogP contribution in [-0.2, 0) is 20.6 Å². The van der Waals surface area contributed by atoms with E-state index in [1.54, 1.807) is 0 Å². The maximum Gasteiger partial charge on any atom is 0.179 e. The van der Waals surface area contributed by atoms with Crippen LogP contribution in [0.5, 0.6) is 0 Å². The Hall–Kier alpha value is -1.19. The molecule has 1 aromatic carbocycles. The molecule has 0 radical (unpaired) electrons. The zero-order chi connectivity index (χ0) is 14.5. The summed E-state index contributed by atoms with van der Waals surface area (Å²) in [5, 5.41) is 8.67. The van der Waals surface area contributed by atoms with Crippen LogP contribution >= 0.6 is 0 Å². The molecule has 4 nitrogen and oxygen atoms in total. The summed E-state index contributed by atoms with van der Waals surface area (Å²) in [4.78, 5) is 0.174. The number of nitriles is 1. The van der Waals surface area contributed by atoms with Crippen molar-refractivity contribution in [2.75, 3.05) is 11.5 Å². The summed E-state index contributed by atoms with van der Waals surface area (Å²) >= 11 is 0. The fraction of sp³-hybridized carbons (Fsp3) is 0.462. The molecule has 0 aromatic heterocycles. The molecular formula is C13H17NO3S2. The lowest BCUT2D eigenvalue weighted by atomic mass is 10.2. The van der Waals surface area contributed by atoms with Crippen LogP contribution in [0.2, 0.25) is 0 Å². The lowest BCUT2D eigenvalue weighted by Crippen LogP contribution is -2.19. The molecule has 2 atom stereocenters. The van der Waals surface area contributed by atoms with Gasteiger partial charge in [0, 0.05) is 21.8 Å². The number of hydrogen-bond acceptors (Lipinski definition) is 4. The summed E-state index contributed by atoms with van der Waals surface area (Å²) in [5.74, 6) is 0.0210. The van der Waals surface area contributed by atoms with Gasteiger partial charge in [-0.3, -0.25) is 4.21 Å². The predicted octanol–water partition coefficient (Wildman–Crippen LogP) is 1.88. The largest absolute Gasteiger partial charge is 0.259 e. The Morgan fingerprint density at radius 3 is 2.37 bits per heavy atom. The van der Waals surface area contributed by atoms with Gasteiger partial charge >= 0.3 is 0 Å². The van der Waals surface area contributed by atoms with Crippen molar-refractivity contribution in [1.29, 1.82) is 5.26 Å². The highest BCUT2D eigenvalue weighted by molar-refractivity contribution is 7.93. The fourth-order valence-electron chi connectivity index (χ4n) is 1.43. The third kappa shape index (κ3) is 4.44. The lowest BCUT2D eigenvalue weighted by molar-refractivity contribution is 0.597. The molecule has 0 aliphatic heterocycles. The molecule has 0 saturated heterocycles. The van der Waals surface area contributed by atoms with E-state index in [1.807, 2.05) is 19.9 Å². The molecule has 0 spiro atoms. The Kier molecular flexibility index (Phi) is 5.70. The van der Waals surface area contributed by atoms with E-state index >= 15 is 0 Å². The van der Waals surface area contributed by atoms with Gasteiger partial charge in [0.25, 0.3) is 0 Å². The summed E-state index contributed by atoms with van der Waals surface area (Å²) < 4.78 is 35.8. The van der Waals surface area contributed by atoms with Gasteiger partial charge in [0.15, 0.2) is 9.84 Å². The molecule has 104 valence electrons. The van der Waals surface area contributed by atoms with E-state index in [-0.39, 0.29) is 21.7 Å². The average Bonchev–Trinajstić information content (AvgIpc) is 2.44. The maximum atomic E-state index is 12.0. The summed E-state index contributed by atoms with van der Waals surface area (Å²) in [6.45, 7) is 3.78. The Bertz CT molecular complexity index is 585. The second kappa shape index (κ2) is 6.83. The average molecular weight is 299 g/mol. The van der Waals surface area contributed by atoms with Gasteiger partial charge in [0.2, 0.25) is 0 Å². The van der Waals surface area contributed by atoms with Gasteiger partial charge in [-0.2, -0.15) is 5.26 Å². The highest BCUT2D eigenvalue weighted by Crippen LogP contribution is 2.13. The van der Waals surface area contributed by atoms with Crippen molar-refractivity contribution in [1.82, 2.24) is 0 Å². The smallest absolute Gasteiger partial charge is 0.179 e. The van der Waals surface area contributed by atoms with E-state index in [0.29, 0.717) is 5.56 Å². The van der Waals surface area contributed by atoms with Gasteiger partial charge in [-0.15, -0.1) is 0 Å². The number of rotatable bonds is 6. The van der Waals surface area contributed by atoms with Gasteiger partial charge in [0.05, 0.1) is 22.3 Å².